The molecule has 0 bridgehead atoms. The number of thioether (sulfide) groups is 1. The van der Waals surface area contributed by atoms with E-state index in [4.69, 9.17) is 0 Å². The van der Waals surface area contributed by atoms with Crippen LogP contribution in [0.2, 0.25) is 0 Å². The third-order valence-corrected chi connectivity index (χ3v) is 2.37. The summed E-state index contributed by atoms with van der Waals surface area (Å²) in [6.45, 7) is 0. The van der Waals surface area contributed by atoms with E-state index in [1.165, 1.54) is 0 Å². The second-order valence-electron chi connectivity index (χ2n) is 1.79. The number of carbonyl (C=O) groups is 2. The molecule has 4 heteroatoms. The fraction of sp³-hybridized carbons (Fsp3) is 0.600. The largest absolute Gasteiger partial charge is 0.548 e. The highest BCUT2D eigenvalue weighted by Crippen LogP contribution is 2.21. The Morgan fingerprint density at radius 1 is 1.78 bits per heavy atom. The maximum Gasteiger partial charge on any atom is 0.152 e. The van der Waals surface area contributed by atoms with Gasteiger partial charge in [-0.1, -0.05) is 0 Å². The number of aliphatic carboxylic acids is 1. The van der Waals surface area contributed by atoms with Gasteiger partial charge in [-0.05, 0) is 0 Å². The molecule has 0 N–H and O–H groups in total. The van der Waals surface area contributed by atoms with Crippen LogP contribution in [0.3, 0.4) is 0 Å². The third kappa shape index (κ3) is 1.24. The third-order valence-electron chi connectivity index (χ3n) is 1.14. The highest BCUT2D eigenvalue weighted by molar-refractivity contribution is 8.01. The van der Waals surface area contributed by atoms with Gasteiger partial charge in [0.25, 0.3) is 0 Å². The van der Waals surface area contributed by atoms with Crippen molar-refractivity contribution < 1.29 is 14.7 Å². The summed E-state index contributed by atoms with van der Waals surface area (Å²) in [6, 6.07) is 0. The molecule has 1 atom stereocenters. The zero-order valence-corrected chi connectivity index (χ0v) is 5.44. The van der Waals surface area contributed by atoms with Gasteiger partial charge in [0.15, 0.2) is 5.78 Å². The van der Waals surface area contributed by atoms with Crippen LogP contribution in [0.15, 0.2) is 0 Å². The summed E-state index contributed by atoms with van der Waals surface area (Å²) >= 11 is 1.15. The van der Waals surface area contributed by atoms with E-state index in [1.807, 2.05) is 0 Å². The van der Waals surface area contributed by atoms with E-state index in [2.05, 4.69) is 0 Å². The Morgan fingerprint density at radius 2 is 2.44 bits per heavy atom. The minimum Gasteiger partial charge on any atom is -0.548 e. The lowest BCUT2D eigenvalue weighted by Crippen LogP contribution is -2.36. The van der Waals surface area contributed by atoms with Crippen molar-refractivity contribution in [2.75, 3.05) is 5.75 Å². The van der Waals surface area contributed by atoms with Crippen LogP contribution in [-0.2, 0) is 9.59 Å². The highest BCUT2D eigenvalue weighted by Gasteiger charge is 2.25. The first-order valence-electron chi connectivity index (χ1n) is 2.57. The van der Waals surface area contributed by atoms with E-state index >= 15 is 0 Å². The second-order valence-corrected chi connectivity index (χ2v) is 3.00. The number of rotatable bonds is 1. The zero-order chi connectivity index (χ0) is 6.85. The maximum atomic E-state index is 10.6. The van der Waals surface area contributed by atoms with Crippen LogP contribution in [0.4, 0.5) is 0 Å². The first kappa shape index (κ1) is 6.61. The second kappa shape index (κ2) is 2.39. The van der Waals surface area contributed by atoms with Crippen LogP contribution in [0.5, 0.6) is 0 Å². The molecule has 1 saturated heterocycles. The van der Waals surface area contributed by atoms with Crippen LogP contribution in [0.1, 0.15) is 6.42 Å². The summed E-state index contributed by atoms with van der Waals surface area (Å²) in [7, 11) is 0. The molecule has 0 aliphatic carbocycles. The maximum absolute atomic E-state index is 10.6. The Bertz CT molecular complexity index is 154. The van der Waals surface area contributed by atoms with Gasteiger partial charge in [0.2, 0.25) is 0 Å². The molecule has 50 valence electrons. The van der Waals surface area contributed by atoms with E-state index in [0.29, 0.717) is 12.2 Å². The Labute approximate surface area is 56.4 Å². The molecule has 9 heavy (non-hydrogen) atoms. The van der Waals surface area contributed by atoms with Crippen molar-refractivity contribution in [2.45, 2.75) is 11.7 Å². The molecule has 1 heterocycles. The average molecular weight is 145 g/mol. The van der Waals surface area contributed by atoms with Gasteiger partial charge < -0.3 is 9.90 Å². The van der Waals surface area contributed by atoms with E-state index in [9.17, 15) is 14.7 Å². The number of ketones is 1. The van der Waals surface area contributed by atoms with Crippen molar-refractivity contribution in [3.05, 3.63) is 0 Å². The van der Waals surface area contributed by atoms with Crippen molar-refractivity contribution in [1.82, 2.24) is 0 Å². The lowest BCUT2D eigenvalue weighted by atomic mass is 10.2. The molecule has 0 amide bonds. The zero-order valence-electron chi connectivity index (χ0n) is 4.62. The summed E-state index contributed by atoms with van der Waals surface area (Å²) < 4.78 is 0. The fourth-order valence-corrected chi connectivity index (χ4v) is 1.70. The Morgan fingerprint density at radius 3 is 2.67 bits per heavy atom. The Hall–Kier alpha value is -0.510. The number of carboxylic acid groups (broad SMARTS) is 1. The van der Waals surface area contributed by atoms with Gasteiger partial charge in [-0.3, -0.25) is 4.79 Å². The Balaban J connectivity index is 2.60. The number of Topliss-reactive ketones (excluding diaryl/α,β-unsaturated/α-hetero) is 1. The predicted octanol–water partition coefficient (Wildman–Crippen LogP) is -1.19. The monoisotopic (exact) mass is 145 g/mol. The van der Waals surface area contributed by atoms with Gasteiger partial charge in [0.05, 0.1) is 5.97 Å². The molecule has 0 aromatic rings. The van der Waals surface area contributed by atoms with Gasteiger partial charge in [0, 0.05) is 12.2 Å². The molecule has 1 aliphatic heterocycles. The van der Waals surface area contributed by atoms with E-state index in [0.717, 1.165) is 11.8 Å². The molecule has 1 fully saturated rings. The molecule has 0 saturated carbocycles. The molecule has 0 aromatic heterocycles. The molecular weight excluding hydrogens is 140 g/mol. The summed E-state index contributed by atoms with van der Waals surface area (Å²) in [5, 5.41) is 9.17. The van der Waals surface area contributed by atoms with Crippen LogP contribution < -0.4 is 5.11 Å². The van der Waals surface area contributed by atoms with E-state index < -0.39 is 11.2 Å². The quantitative estimate of drug-likeness (QED) is 0.435. The molecule has 0 spiro atoms. The number of hydrogen-bond acceptors (Lipinski definition) is 4. The van der Waals surface area contributed by atoms with Crippen LogP contribution in [0, 0.1) is 0 Å². The normalized spacial score (nSPS) is 26.7. The number of carbonyl (C=O) groups excluding carboxylic acids is 2. The predicted molar refractivity (Wildman–Crippen MR) is 30.9 cm³/mol. The molecular formula is C5H5O3S-. The number of carboxylic acids is 1. The number of hydrogen-bond donors (Lipinski definition) is 0. The smallest absolute Gasteiger partial charge is 0.152 e. The minimum absolute atomic E-state index is 0.208. The van der Waals surface area contributed by atoms with Crippen molar-refractivity contribution >= 4 is 23.5 Å². The van der Waals surface area contributed by atoms with Crippen molar-refractivity contribution in [1.29, 1.82) is 0 Å². The molecule has 1 rings (SSSR count). The first-order valence-corrected chi connectivity index (χ1v) is 3.62. The van der Waals surface area contributed by atoms with Crippen molar-refractivity contribution in [3.63, 3.8) is 0 Å². The van der Waals surface area contributed by atoms with Crippen LogP contribution in [-0.4, -0.2) is 22.8 Å². The standard InChI is InChI=1S/C5H6O3S/c6-3-1-2-9-4(3)5(7)8/h4H,1-2H2,(H,7,8)/p-1. The van der Waals surface area contributed by atoms with Gasteiger partial charge >= 0.3 is 0 Å². The van der Waals surface area contributed by atoms with Crippen molar-refractivity contribution in [3.8, 4) is 0 Å². The summed E-state index contributed by atoms with van der Waals surface area (Å²) in [6.07, 6.45) is 0.378. The van der Waals surface area contributed by atoms with E-state index in [-0.39, 0.29) is 5.78 Å². The first-order chi connectivity index (χ1) is 4.22. The van der Waals surface area contributed by atoms with Gasteiger partial charge in [0.1, 0.15) is 5.25 Å². The van der Waals surface area contributed by atoms with Crippen molar-refractivity contribution in [2.24, 2.45) is 0 Å². The van der Waals surface area contributed by atoms with Crippen LogP contribution in [0.25, 0.3) is 0 Å². The Kier molecular flexibility index (Phi) is 1.75. The minimum atomic E-state index is -1.25. The van der Waals surface area contributed by atoms with Gasteiger partial charge in [-0.2, -0.15) is 0 Å². The SMILES string of the molecule is O=C([O-])C1SCCC1=O. The highest BCUT2D eigenvalue weighted by atomic mass is 32.2. The summed E-state index contributed by atoms with van der Waals surface area (Å²) in [5.41, 5.74) is 0. The van der Waals surface area contributed by atoms with Gasteiger partial charge in [-0.25, -0.2) is 0 Å². The molecule has 1 aliphatic rings. The molecule has 3 nitrogen and oxygen atoms in total. The van der Waals surface area contributed by atoms with Gasteiger partial charge in [-0.15, -0.1) is 11.8 Å². The molecule has 0 radical (unpaired) electrons. The average Bonchev–Trinajstić information content (AvgIpc) is 2.13. The molecule has 1 unspecified atom stereocenters. The lowest BCUT2D eigenvalue weighted by Gasteiger charge is -2.05. The lowest BCUT2D eigenvalue weighted by molar-refractivity contribution is -0.303. The fourth-order valence-electron chi connectivity index (χ4n) is 0.701. The van der Waals surface area contributed by atoms with E-state index in [1.54, 1.807) is 0 Å². The molecule has 0 aromatic carbocycles. The summed E-state index contributed by atoms with van der Waals surface area (Å²) in [5.74, 6) is -0.834. The topological polar surface area (TPSA) is 57.2 Å². The summed E-state index contributed by atoms with van der Waals surface area (Å²) in [4.78, 5) is 20.6. The van der Waals surface area contributed by atoms with Crippen LogP contribution >= 0.6 is 11.8 Å².